The first-order valence-corrected chi connectivity index (χ1v) is 11.8. The molecule has 2 aromatic carbocycles. The van der Waals surface area contributed by atoms with Gasteiger partial charge in [-0.2, -0.15) is 0 Å². The molecule has 0 spiro atoms. The fourth-order valence-electron chi connectivity index (χ4n) is 3.54. The van der Waals surface area contributed by atoms with E-state index < -0.39 is 10.0 Å². The van der Waals surface area contributed by atoms with Crippen LogP contribution in [0.5, 0.6) is 17.2 Å². The van der Waals surface area contributed by atoms with Crippen molar-refractivity contribution >= 4 is 27.4 Å². The topological polar surface area (TPSA) is 97.4 Å². The number of carbonyl (C=O) groups excluding carboxylic acids is 1. The normalized spacial score (nSPS) is 13.9. The van der Waals surface area contributed by atoms with Gasteiger partial charge >= 0.3 is 6.03 Å². The first-order valence-electron chi connectivity index (χ1n) is 10.3. The molecular formula is C22H29N3O6S. The number of benzene rings is 2. The number of rotatable bonds is 10. The summed E-state index contributed by atoms with van der Waals surface area (Å²) in [6, 6.07) is 9.23. The highest BCUT2D eigenvalue weighted by molar-refractivity contribution is 7.92. The number of hydrogen-bond donors (Lipinski definition) is 1. The summed E-state index contributed by atoms with van der Waals surface area (Å²) in [7, 11) is 0.508. The molecule has 0 aliphatic carbocycles. The number of sulfonamides is 1. The average molecular weight is 464 g/mol. The molecule has 3 rings (SSSR count). The first kappa shape index (κ1) is 23.5. The maximum atomic E-state index is 12.9. The number of unbranched alkanes of at least 4 members (excludes halogenated alkanes) is 1. The third-order valence-corrected chi connectivity index (χ3v) is 6.65. The number of hydrogen-bond acceptors (Lipinski definition) is 6. The molecular weight excluding hydrogens is 434 g/mol. The molecule has 0 unspecified atom stereocenters. The maximum absolute atomic E-state index is 12.9. The lowest BCUT2D eigenvalue weighted by Crippen LogP contribution is -2.32. The van der Waals surface area contributed by atoms with Crippen LogP contribution in [-0.4, -0.2) is 60.3 Å². The molecule has 0 aromatic heterocycles. The monoisotopic (exact) mass is 463 g/mol. The number of ether oxygens (including phenoxy) is 3. The number of urea groups is 1. The maximum Gasteiger partial charge on any atom is 0.324 e. The van der Waals surface area contributed by atoms with Crippen LogP contribution in [0.4, 0.5) is 16.2 Å². The van der Waals surface area contributed by atoms with E-state index in [2.05, 4.69) is 11.6 Å². The Morgan fingerprint density at radius 1 is 0.969 bits per heavy atom. The van der Waals surface area contributed by atoms with Crippen molar-refractivity contribution in [3.05, 3.63) is 36.4 Å². The molecule has 0 atom stereocenters. The van der Waals surface area contributed by atoms with Crippen LogP contribution in [0.25, 0.3) is 0 Å². The molecule has 1 aliphatic heterocycles. The largest absolute Gasteiger partial charge is 0.493 e. The Labute approximate surface area is 188 Å². The van der Waals surface area contributed by atoms with E-state index in [1.54, 1.807) is 17.0 Å². The molecule has 0 saturated carbocycles. The van der Waals surface area contributed by atoms with Crippen LogP contribution >= 0.6 is 0 Å². The van der Waals surface area contributed by atoms with E-state index in [0.29, 0.717) is 36.0 Å². The molecule has 174 valence electrons. The van der Waals surface area contributed by atoms with Crippen molar-refractivity contribution < 1.29 is 27.4 Å². The number of methoxy groups -OCH3 is 3. The number of nitrogens with zero attached hydrogens (tertiary/aromatic N) is 2. The second-order valence-electron chi connectivity index (χ2n) is 7.29. The average Bonchev–Trinajstić information content (AvgIpc) is 3.16. The van der Waals surface area contributed by atoms with Crippen molar-refractivity contribution in [2.24, 2.45) is 0 Å². The molecule has 32 heavy (non-hydrogen) atoms. The summed E-state index contributed by atoms with van der Waals surface area (Å²) < 4.78 is 44.2. The van der Waals surface area contributed by atoms with Crippen LogP contribution in [0.3, 0.4) is 0 Å². The van der Waals surface area contributed by atoms with Crippen molar-refractivity contribution in [1.29, 1.82) is 0 Å². The fraction of sp³-hybridized carbons (Fsp3) is 0.409. The van der Waals surface area contributed by atoms with E-state index in [1.807, 2.05) is 4.90 Å². The first-order chi connectivity index (χ1) is 15.3. The lowest BCUT2D eigenvalue weighted by atomic mass is 10.2. The third-order valence-electron chi connectivity index (χ3n) is 5.25. The zero-order valence-corrected chi connectivity index (χ0v) is 19.6. The Balaban J connectivity index is 1.78. The summed E-state index contributed by atoms with van der Waals surface area (Å²) in [4.78, 5) is 16.2. The van der Waals surface area contributed by atoms with Crippen molar-refractivity contribution in [3.8, 4) is 17.2 Å². The standard InChI is InChI=1S/C22H29N3O6S/c1-5-6-11-24-12-13-25(22(24)26)17-7-9-18(10-8-17)32(27,28)23-16-14-19(29-2)21(31-4)20(15-16)30-3/h7-10,14-15,23H,5-6,11-13H2,1-4H3. The van der Waals surface area contributed by atoms with Gasteiger partial charge in [0.15, 0.2) is 11.5 Å². The van der Waals surface area contributed by atoms with Crippen LogP contribution in [0.2, 0.25) is 0 Å². The Kier molecular flexibility index (Phi) is 7.34. The van der Waals surface area contributed by atoms with Gasteiger partial charge in [0, 0.05) is 37.5 Å². The van der Waals surface area contributed by atoms with Crippen LogP contribution < -0.4 is 23.8 Å². The van der Waals surface area contributed by atoms with Gasteiger partial charge in [0.05, 0.1) is 31.9 Å². The number of nitrogens with one attached hydrogen (secondary N) is 1. The Morgan fingerprint density at radius 3 is 2.12 bits per heavy atom. The molecule has 9 nitrogen and oxygen atoms in total. The predicted octanol–water partition coefficient (Wildman–Crippen LogP) is 3.56. The minimum absolute atomic E-state index is 0.0513. The summed E-state index contributed by atoms with van der Waals surface area (Å²) in [5, 5.41) is 0. The third kappa shape index (κ3) is 4.85. The molecule has 2 aromatic rings. The van der Waals surface area contributed by atoms with Gasteiger partial charge in [-0.3, -0.25) is 9.62 Å². The molecule has 1 N–H and O–H groups in total. The minimum atomic E-state index is -3.88. The van der Waals surface area contributed by atoms with Crippen molar-refractivity contribution in [2.75, 3.05) is 50.6 Å². The zero-order chi connectivity index (χ0) is 23.3. The van der Waals surface area contributed by atoms with Crippen LogP contribution in [0, 0.1) is 0 Å². The summed E-state index contributed by atoms with van der Waals surface area (Å²) in [5.74, 6) is 1.03. The molecule has 1 heterocycles. The highest BCUT2D eigenvalue weighted by Gasteiger charge is 2.29. The van der Waals surface area contributed by atoms with Gasteiger partial charge in [0.1, 0.15) is 0 Å². The minimum Gasteiger partial charge on any atom is -0.493 e. The van der Waals surface area contributed by atoms with Crippen LogP contribution in [-0.2, 0) is 10.0 Å². The number of anilines is 2. The van der Waals surface area contributed by atoms with Gasteiger partial charge in [-0.05, 0) is 30.7 Å². The summed E-state index contributed by atoms with van der Waals surface area (Å²) in [6.07, 6.45) is 1.98. The van der Waals surface area contributed by atoms with Crippen molar-refractivity contribution in [2.45, 2.75) is 24.7 Å². The van der Waals surface area contributed by atoms with Gasteiger partial charge < -0.3 is 19.1 Å². The summed E-state index contributed by atoms with van der Waals surface area (Å²) in [6.45, 7) is 4.07. The molecule has 1 aliphatic rings. The zero-order valence-electron chi connectivity index (χ0n) is 18.8. The molecule has 2 amide bonds. The summed E-state index contributed by atoms with van der Waals surface area (Å²) in [5.41, 5.74) is 0.936. The fourth-order valence-corrected chi connectivity index (χ4v) is 4.58. The lowest BCUT2D eigenvalue weighted by molar-refractivity contribution is 0.220. The van der Waals surface area contributed by atoms with Gasteiger partial charge in [0.25, 0.3) is 10.0 Å². The van der Waals surface area contributed by atoms with E-state index >= 15 is 0 Å². The van der Waals surface area contributed by atoms with Crippen LogP contribution in [0.15, 0.2) is 41.3 Å². The highest BCUT2D eigenvalue weighted by atomic mass is 32.2. The lowest BCUT2D eigenvalue weighted by Gasteiger charge is -2.19. The Morgan fingerprint density at radius 2 is 1.59 bits per heavy atom. The molecule has 10 heteroatoms. The Hall–Kier alpha value is -3.14. The molecule has 1 saturated heterocycles. The van der Waals surface area contributed by atoms with E-state index in [4.69, 9.17) is 14.2 Å². The van der Waals surface area contributed by atoms with E-state index in [-0.39, 0.29) is 16.6 Å². The highest BCUT2D eigenvalue weighted by Crippen LogP contribution is 2.40. The number of amides is 2. The second-order valence-corrected chi connectivity index (χ2v) is 8.97. The van der Waals surface area contributed by atoms with Crippen molar-refractivity contribution in [3.63, 3.8) is 0 Å². The van der Waals surface area contributed by atoms with Gasteiger partial charge in [-0.15, -0.1) is 0 Å². The SMILES string of the molecule is CCCCN1CCN(c2ccc(S(=O)(=O)Nc3cc(OC)c(OC)c(OC)c3)cc2)C1=O. The smallest absolute Gasteiger partial charge is 0.324 e. The van der Waals surface area contributed by atoms with Gasteiger partial charge in [-0.25, -0.2) is 13.2 Å². The van der Waals surface area contributed by atoms with Gasteiger partial charge in [0.2, 0.25) is 5.75 Å². The Bertz CT molecular complexity index is 1030. The quantitative estimate of drug-likeness (QED) is 0.579. The molecule has 0 radical (unpaired) electrons. The second kappa shape index (κ2) is 9.99. The molecule has 0 bridgehead atoms. The summed E-state index contributed by atoms with van der Waals surface area (Å²) >= 11 is 0. The van der Waals surface area contributed by atoms with Gasteiger partial charge in [-0.1, -0.05) is 13.3 Å². The van der Waals surface area contributed by atoms with E-state index in [9.17, 15) is 13.2 Å². The van der Waals surface area contributed by atoms with E-state index in [0.717, 1.165) is 19.4 Å². The predicted molar refractivity (Wildman–Crippen MR) is 123 cm³/mol. The number of carbonyl (C=O) groups is 1. The van der Waals surface area contributed by atoms with Crippen molar-refractivity contribution in [1.82, 2.24) is 4.90 Å². The molecule has 1 fully saturated rings. The van der Waals surface area contributed by atoms with E-state index in [1.165, 1.54) is 45.6 Å². The van der Waals surface area contributed by atoms with Crippen LogP contribution in [0.1, 0.15) is 19.8 Å².